The van der Waals surface area contributed by atoms with Crippen LogP contribution in [0.1, 0.15) is 12.5 Å². The number of hydrogen-bond donors (Lipinski definition) is 2. The van der Waals surface area contributed by atoms with E-state index in [1.807, 2.05) is 7.05 Å². The van der Waals surface area contributed by atoms with Gasteiger partial charge in [-0.05, 0) is 18.2 Å². The summed E-state index contributed by atoms with van der Waals surface area (Å²) in [6.45, 7) is 2.09. The Morgan fingerprint density at radius 1 is 1.38 bits per heavy atom. The van der Waals surface area contributed by atoms with Crippen molar-refractivity contribution in [3.63, 3.8) is 0 Å². The van der Waals surface area contributed by atoms with Gasteiger partial charge in [0.05, 0.1) is 0 Å². The van der Waals surface area contributed by atoms with E-state index in [2.05, 4.69) is 32.2 Å². The van der Waals surface area contributed by atoms with Gasteiger partial charge >= 0.3 is 0 Å². The second-order valence-electron chi connectivity index (χ2n) is 3.11. The molecule has 0 unspecified atom stereocenters. The van der Waals surface area contributed by atoms with Crippen LogP contribution in [0.5, 0.6) is 0 Å². The monoisotopic (exact) mass is 235 g/mol. The third-order valence-electron chi connectivity index (χ3n) is 2.16. The van der Waals surface area contributed by atoms with E-state index in [1.165, 1.54) is 11.8 Å². The van der Waals surface area contributed by atoms with Crippen LogP contribution in [0, 0.1) is 0 Å². The molecule has 2 heterocycles. The van der Waals surface area contributed by atoms with Crippen LogP contribution in [0.15, 0.2) is 28.9 Å². The Bertz CT molecular complexity index is 454. The van der Waals surface area contributed by atoms with Crippen molar-refractivity contribution in [3.05, 3.63) is 24.3 Å². The van der Waals surface area contributed by atoms with Crippen molar-refractivity contribution in [1.82, 2.24) is 19.9 Å². The molecule has 16 heavy (non-hydrogen) atoms. The highest BCUT2D eigenvalue weighted by molar-refractivity contribution is 7.99. The van der Waals surface area contributed by atoms with E-state index >= 15 is 0 Å². The Balaban J connectivity index is 2.33. The van der Waals surface area contributed by atoms with Gasteiger partial charge in [-0.2, -0.15) is 0 Å². The van der Waals surface area contributed by atoms with Crippen molar-refractivity contribution in [2.24, 2.45) is 0 Å². The fourth-order valence-electron chi connectivity index (χ4n) is 1.42. The number of H-pyrrole nitrogens is 1. The van der Waals surface area contributed by atoms with Gasteiger partial charge in [0.2, 0.25) is 0 Å². The van der Waals surface area contributed by atoms with E-state index in [9.17, 15) is 0 Å². The summed E-state index contributed by atoms with van der Waals surface area (Å²) in [6, 6.07) is 0. The molecule has 0 aliphatic rings. The zero-order chi connectivity index (χ0) is 11.4. The van der Waals surface area contributed by atoms with Crippen LogP contribution >= 0.6 is 11.8 Å². The molecule has 0 radical (unpaired) electrons. The maximum atomic E-state index is 4.28. The van der Waals surface area contributed by atoms with Gasteiger partial charge in [-0.25, -0.2) is 15.0 Å². The largest absolute Gasteiger partial charge is 0.373 e. The lowest BCUT2D eigenvalue weighted by Gasteiger charge is -2.09. The Morgan fingerprint density at radius 2 is 2.25 bits per heavy atom. The summed E-state index contributed by atoms with van der Waals surface area (Å²) in [7, 11) is 1.86. The highest BCUT2D eigenvalue weighted by Gasteiger charge is 2.10. The number of imidazole rings is 1. The Hall–Kier alpha value is -1.56. The smallest absolute Gasteiger partial charge is 0.171 e. The lowest BCUT2D eigenvalue weighted by atomic mass is 10.2. The first-order chi connectivity index (χ1) is 7.85. The van der Waals surface area contributed by atoms with Crippen LogP contribution in [0.25, 0.3) is 0 Å². The van der Waals surface area contributed by atoms with Crippen LogP contribution in [-0.2, 0) is 6.42 Å². The molecule has 0 aromatic carbocycles. The van der Waals surface area contributed by atoms with Gasteiger partial charge in [0.15, 0.2) is 5.16 Å². The Labute approximate surface area is 98.1 Å². The van der Waals surface area contributed by atoms with Gasteiger partial charge in [-0.1, -0.05) is 6.92 Å². The molecule has 0 aliphatic carbocycles. The van der Waals surface area contributed by atoms with Crippen LogP contribution in [0.4, 0.5) is 5.82 Å². The highest BCUT2D eigenvalue weighted by atomic mass is 32.2. The number of hydrogen-bond acceptors (Lipinski definition) is 5. The molecule has 2 rings (SSSR count). The van der Waals surface area contributed by atoms with Gasteiger partial charge in [0.1, 0.15) is 17.2 Å². The molecule has 0 amide bonds. The minimum Gasteiger partial charge on any atom is -0.373 e. The summed E-state index contributed by atoms with van der Waals surface area (Å²) in [5, 5.41) is 4.86. The second kappa shape index (κ2) is 4.98. The van der Waals surface area contributed by atoms with E-state index < -0.39 is 0 Å². The predicted molar refractivity (Wildman–Crippen MR) is 63.7 cm³/mol. The molecule has 2 N–H and O–H groups in total. The van der Waals surface area contributed by atoms with Gasteiger partial charge < -0.3 is 10.3 Å². The summed E-state index contributed by atoms with van der Waals surface area (Å²) in [5.41, 5.74) is 1.12. The minimum atomic E-state index is 0.843. The van der Waals surface area contributed by atoms with Crippen molar-refractivity contribution in [2.45, 2.75) is 23.5 Å². The van der Waals surface area contributed by atoms with Crippen molar-refractivity contribution in [3.8, 4) is 0 Å². The summed E-state index contributed by atoms with van der Waals surface area (Å²) in [6.07, 6.45) is 5.98. The number of nitrogens with one attached hydrogen (secondary N) is 2. The summed E-state index contributed by atoms with van der Waals surface area (Å²) in [5.74, 6) is 0.881. The van der Waals surface area contributed by atoms with Gasteiger partial charge in [-0.3, -0.25) is 0 Å². The van der Waals surface area contributed by atoms with Crippen molar-refractivity contribution in [1.29, 1.82) is 0 Å². The molecule has 5 nitrogen and oxygen atoms in total. The number of aromatic nitrogens is 4. The molecule has 0 saturated carbocycles. The first kappa shape index (κ1) is 10.9. The van der Waals surface area contributed by atoms with Crippen molar-refractivity contribution < 1.29 is 0 Å². The van der Waals surface area contributed by atoms with E-state index in [0.717, 1.165) is 28.0 Å². The van der Waals surface area contributed by atoms with Crippen molar-refractivity contribution >= 4 is 17.6 Å². The topological polar surface area (TPSA) is 66.5 Å². The number of anilines is 1. The average Bonchev–Trinajstić information content (AvgIpc) is 2.81. The minimum absolute atomic E-state index is 0.843. The number of aromatic amines is 1. The Morgan fingerprint density at radius 3 is 2.88 bits per heavy atom. The predicted octanol–water partition coefficient (Wildman–Crippen LogP) is 1.95. The molecule has 0 saturated heterocycles. The molecule has 0 fully saturated rings. The molecule has 6 heteroatoms. The molecule has 0 spiro atoms. The SMILES string of the molecule is CCc1c(NC)ncnc1Sc1ncc[nH]1. The summed E-state index contributed by atoms with van der Waals surface area (Å²) >= 11 is 1.52. The third-order valence-corrected chi connectivity index (χ3v) is 3.12. The van der Waals surface area contributed by atoms with Crippen LogP contribution in [0.2, 0.25) is 0 Å². The summed E-state index contributed by atoms with van der Waals surface area (Å²) < 4.78 is 0. The van der Waals surface area contributed by atoms with Gasteiger partial charge in [-0.15, -0.1) is 0 Å². The van der Waals surface area contributed by atoms with E-state index in [1.54, 1.807) is 18.7 Å². The van der Waals surface area contributed by atoms with Gasteiger partial charge in [0.25, 0.3) is 0 Å². The quantitative estimate of drug-likeness (QED) is 0.793. The van der Waals surface area contributed by atoms with Crippen molar-refractivity contribution in [2.75, 3.05) is 12.4 Å². The number of nitrogens with zero attached hydrogens (tertiary/aromatic N) is 3. The lowest BCUT2D eigenvalue weighted by molar-refractivity contribution is 0.938. The molecule has 84 valence electrons. The molecule has 2 aromatic heterocycles. The van der Waals surface area contributed by atoms with E-state index in [0.29, 0.717) is 0 Å². The van der Waals surface area contributed by atoms with E-state index in [-0.39, 0.29) is 0 Å². The molecule has 0 bridgehead atoms. The molecular weight excluding hydrogens is 222 g/mol. The average molecular weight is 235 g/mol. The maximum absolute atomic E-state index is 4.28. The van der Waals surface area contributed by atoms with Crippen LogP contribution in [-0.4, -0.2) is 27.0 Å². The number of rotatable bonds is 4. The summed E-state index contributed by atoms with van der Waals surface area (Å²) in [4.78, 5) is 15.7. The maximum Gasteiger partial charge on any atom is 0.171 e. The fourth-order valence-corrected chi connectivity index (χ4v) is 2.30. The van der Waals surface area contributed by atoms with Crippen LogP contribution in [0.3, 0.4) is 0 Å². The van der Waals surface area contributed by atoms with E-state index in [4.69, 9.17) is 0 Å². The zero-order valence-corrected chi connectivity index (χ0v) is 10.0. The third kappa shape index (κ3) is 2.16. The molecule has 2 aromatic rings. The first-order valence-corrected chi connectivity index (χ1v) is 5.85. The normalized spacial score (nSPS) is 10.4. The standard InChI is InChI=1S/C10H13N5S/c1-3-7-8(11-2)14-6-15-9(7)16-10-12-4-5-13-10/h4-6H,3H2,1-2H3,(H,12,13)(H,11,14,15). The first-order valence-electron chi connectivity index (χ1n) is 5.04. The highest BCUT2D eigenvalue weighted by Crippen LogP contribution is 2.28. The second-order valence-corrected chi connectivity index (χ2v) is 4.08. The lowest BCUT2D eigenvalue weighted by Crippen LogP contribution is -2.01. The molecule has 0 aliphatic heterocycles. The Kier molecular flexibility index (Phi) is 3.40. The zero-order valence-electron chi connectivity index (χ0n) is 9.19. The fraction of sp³-hybridized carbons (Fsp3) is 0.300. The van der Waals surface area contributed by atoms with Gasteiger partial charge in [0, 0.05) is 25.0 Å². The molecule has 0 atom stereocenters. The van der Waals surface area contributed by atoms with Crippen LogP contribution < -0.4 is 5.32 Å². The molecular formula is C10H13N5S.